The summed E-state index contributed by atoms with van der Waals surface area (Å²) in [6, 6.07) is 1.53. The number of carbonyl (C=O) groups excluding carboxylic acids is 2. The van der Waals surface area contributed by atoms with Crippen molar-refractivity contribution >= 4 is 17.6 Å². The molecule has 7 heteroatoms. The first-order valence-electron chi connectivity index (χ1n) is 5.85. The highest BCUT2D eigenvalue weighted by atomic mass is 19.2. The molecule has 0 saturated carbocycles. The van der Waals surface area contributed by atoms with E-state index in [1.54, 1.807) is 19.1 Å². The van der Waals surface area contributed by atoms with E-state index in [2.05, 4.69) is 4.74 Å². The number of ether oxygens (including phenoxy) is 1. The summed E-state index contributed by atoms with van der Waals surface area (Å²) in [6.45, 7) is 1.07. The monoisotopic (exact) mass is 299 g/mol. The van der Waals surface area contributed by atoms with Gasteiger partial charge in [0, 0.05) is 6.08 Å². The molecule has 0 radical (unpaired) electrons. The fourth-order valence-electron chi connectivity index (χ4n) is 1.24. The second kappa shape index (κ2) is 7.88. The van der Waals surface area contributed by atoms with Gasteiger partial charge < -0.3 is 10.1 Å². The van der Waals surface area contributed by atoms with Crippen LogP contribution in [0.2, 0.25) is 0 Å². The third kappa shape index (κ3) is 5.13. The molecule has 112 valence electrons. The van der Waals surface area contributed by atoms with E-state index in [-0.39, 0.29) is 0 Å². The fraction of sp³-hybridized carbons (Fsp3) is 0.143. The maximum atomic E-state index is 13.3. The van der Waals surface area contributed by atoms with Crippen molar-refractivity contribution in [3.63, 3.8) is 0 Å². The number of benzene rings is 1. The van der Waals surface area contributed by atoms with E-state index in [9.17, 15) is 22.8 Å². The average Bonchev–Trinajstić information content (AvgIpc) is 2.46. The SMILES string of the molecule is C/C=C/C=C/C(=O)OCC(=O)Nc1ccc(F)c(F)c1F. The first-order chi connectivity index (χ1) is 9.95. The summed E-state index contributed by atoms with van der Waals surface area (Å²) in [5, 5.41) is 1.96. The van der Waals surface area contributed by atoms with Gasteiger partial charge in [-0.25, -0.2) is 18.0 Å². The molecule has 1 N–H and O–H groups in total. The highest BCUT2D eigenvalue weighted by Crippen LogP contribution is 2.19. The topological polar surface area (TPSA) is 55.4 Å². The molecule has 0 aliphatic heterocycles. The van der Waals surface area contributed by atoms with Crippen molar-refractivity contribution in [1.82, 2.24) is 0 Å². The molecule has 0 unspecified atom stereocenters. The van der Waals surface area contributed by atoms with Crippen LogP contribution >= 0.6 is 0 Å². The van der Waals surface area contributed by atoms with Crippen LogP contribution in [0.5, 0.6) is 0 Å². The van der Waals surface area contributed by atoms with E-state index in [4.69, 9.17) is 0 Å². The van der Waals surface area contributed by atoms with Crippen LogP contribution in [0, 0.1) is 17.5 Å². The summed E-state index contributed by atoms with van der Waals surface area (Å²) in [7, 11) is 0. The number of rotatable bonds is 5. The van der Waals surface area contributed by atoms with Crippen LogP contribution in [-0.2, 0) is 14.3 Å². The Labute approximate surface area is 118 Å². The highest BCUT2D eigenvalue weighted by Gasteiger charge is 2.15. The van der Waals surface area contributed by atoms with Gasteiger partial charge in [-0.2, -0.15) is 0 Å². The predicted molar refractivity (Wildman–Crippen MR) is 69.9 cm³/mol. The normalized spacial score (nSPS) is 11.0. The van der Waals surface area contributed by atoms with Gasteiger partial charge in [0.15, 0.2) is 24.1 Å². The van der Waals surface area contributed by atoms with Crippen LogP contribution in [0.1, 0.15) is 6.92 Å². The molecule has 1 aromatic carbocycles. The smallest absolute Gasteiger partial charge is 0.331 e. The van der Waals surface area contributed by atoms with Gasteiger partial charge in [-0.05, 0) is 19.1 Å². The Morgan fingerprint density at radius 2 is 1.90 bits per heavy atom. The number of amides is 1. The first kappa shape index (κ1) is 16.5. The van der Waals surface area contributed by atoms with Gasteiger partial charge in [0.25, 0.3) is 5.91 Å². The summed E-state index contributed by atoms with van der Waals surface area (Å²) in [5.41, 5.74) is -0.542. The lowest BCUT2D eigenvalue weighted by Gasteiger charge is -2.07. The van der Waals surface area contributed by atoms with Gasteiger partial charge in [0.05, 0.1) is 5.69 Å². The molecule has 0 bridgehead atoms. The Hall–Kier alpha value is -2.57. The van der Waals surface area contributed by atoms with Gasteiger partial charge in [-0.1, -0.05) is 18.2 Å². The van der Waals surface area contributed by atoms with Gasteiger partial charge >= 0.3 is 5.97 Å². The fourth-order valence-corrected chi connectivity index (χ4v) is 1.24. The molecular formula is C14H12F3NO3. The Bertz CT molecular complexity index is 597. The second-order valence-electron chi connectivity index (χ2n) is 3.76. The van der Waals surface area contributed by atoms with Gasteiger partial charge in [0.2, 0.25) is 0 Å². The number of hydrogen-bond donors (Lipinski definition) is 1. The van der Waals surface area contributed by atoms with Crippen LogP contribution in [-0.4, -0.2) is 18.5 Å². The molecule has 21 heavy (non-hydrogen) atoms. The Morgan fingerprint density at radius 1 is 1.19 bits per heavy atom. The quantitative estimate of drug-likeness (QED) is 0.394. The molecule has 1 rings (SSSR count). The van der Waals surface area contributed by atoms with Gasteiger partial charge in [-0.15, -0.1) is 0 Å². The van der Waals surface area contributed by atoms with Crippen LogP contribution < -0.4 is 5.32 Å². The van der Waals surface area contributed by atoms with Gasteiger partial charge in [-0.3, -0.25) is 4.79 Å². The lowest BCUT2D eigenvalue weighted by atomic mass is 10.3. The van der Waals surface area contributed by atoms with Crippen LogP contribution in [0.25, 0.3) is 0 Å². The van der Waals surface area contributed by atoms with E-state index in [0.29, 0.717) is 6.07 Å². The maximum absolute atomic E-state index is 13.3. The third-order valence-electron chi connectivity index (χ3n) is 2.19. The summed E-state index contributed by atoms with van der Waals surface area (Å²) < 4.78 is 43.4. The highest BCUT2D eigenvalue weighted by molar-refractivity contribution is 5.93. The van der Waals surface area contributed by atoms with E-state index in [1.807, 2.05) is 5.32 Å². The molecule has 0 spiro atoms. The molecule has 0 saturated heterocycles. The van der Waals surface area contributed by atoms with Crippen molar-refractivity contribution in [3.05, 3.63) is 53.9 Å². The van der Waals surface area contributed by atoms with Crippen molar-refractivity contribution in [2.75, 3.05) is 11.9 Å². The molecule has 0 aliphatic carbocycles. The minimum atomic E-state index is -1.70. The molecule has 0 fully saturated rings. The van der Waals surface area contributed by atoms with Crippen molar-refractivity contribution < 1.29 is 27.5 Å². The van der Waals surface area contributed by atoms with E-state index in [1.165, 1.54) is 6.08 Å². The number of anilines is 1. The molecule has 0 aliphatic rings. The minimum absolute atomic E-state index is 0.542. The summed E-state index contributed by atoms with van der Waals surface area (Å²) in [6.07, 6.45) is 5.76. The summed E-state index contributed by atoms with van der Waals surface area (Å²) in [5.74, 6) is -6.24. The Morgan fingerprint density at radius 3 is 2.57 bits per heavy atom. The van der Waals surface area contributed by atoms with E-state index < -0.39 is 41.6 Å². The predicted octanol–water partition coefficient (Wildman–Crippen LogP) is 2.72. The molecule has 0 atom stereocenters. The Balaban J connectivity index is 2.55. The summed E-state index contributed by atoms with van der Waals surface area (Å²) in [4.78, 5) is 22.5. The molecule has 4 nitrogen and oxygen atoms in total. The van der Waals surface area contributed by atoms with E-state index in [0.717, 1.165) is 12.1 Å². The molecular weight excluding hydrogens is 287 g/mol. The number of nitrogens with one attached hydrogen (secondary N) is 1. The number of allylic oxidation sites excluding steroid dienone is 3. The van der Waals surface area contributed by atoms with Crippen molar-refractivity contribution in [1.29, 1.82) is 0 Å². The lowest BCUT2D eigenvalue weighted by molar-refractivity contribution is -0.142. The van der Waals surface area contributed by atoms with Gasteiger partial charge in [0.1, 0.15) is 0 Å². The van der Waals surface area contributed by atoms with Crippen molar-refractivity contribution in [2.45, 2.75) is 6.92 Å². The minimum Gasteiger partial charge on any atom is -0.452 e. The average molecular weight is 299 g/mol. The van der Waals surface area contributed by atoms with Crippen LogP contribution in [0.4, 0.5) is 18.9 Å². The van der Waals surface area contributed by atoms with Crippen LogP contribution in [0.15, 0.2) is 36.4 Å². The largest absolute Gasteiger partial charge is 0.452 e. The molecule has 0 aromatic heterocycles. The molecule has 1 amide bonds. The zero-order chi connectivity index (χ0) is 15.8. The van der Waals surface area contributed by atoms with Crippen molar-refractivity contribution in [3.8, 4) is 0 Å². The molecule has 0 heterocycles. The van der Waals surface area contributed by atoms with E-state index >= 15 is 0 Å². The van der Waals surface area contributed by atoms with Crippen molar-refractivity contribution in [2.24, 2.45) is 0 Å². The Kier molecular flexibility index (Phi) is 6.19. The number of hydrogen-bond acceptors (Lipinski definition) is 3. The maximum Gasteiger partial charge on any atom is 0.331 e. The second-order valence-corrected chi connectivity index (χ2v) is 3.76. The number of esters is 1. The lowest BCUT2D eigenvalue weighted by Crippen LogP contribution is -2.21. The molecule has 1 aromatic rings. The third-order valence-corrected chi connectivity index (χ3v) is 2.19. The zero-order valence-corrected chi connectivity index (χ0v) is 11.0. The standard InChI is InChI=1S/C14H12F3NO3/c1-2-3-4-5-12(20)21-8-11(19)18-10-7-6-9(15)13(16)14(10)17/h2-7H,8H2,1H3,(H,18,19)/b3-2+,5-4+. The zero-order valence-electron chi connectivity index (χ0n) is 11.0. The van der Waals surface area contributed by atoms with Crippen LogP contribution in [0.3, 0.4) is 0 Å². The number of carbonyl (C=O) groups is 2. The summed E-state index contributed by atoms with van der Waals surface area (Å²) >= 11 is 0. The number of halogens is 3. The first-order valence-corrected chi connectivity index (χ1v) is 5.85.